The first-order valence-corrected chi connectivity index (χ1v) is 9.96. The van der Waals surface area contributed by atoms with E-state index in [9.17, 15) is 19.5 Å². The molecule has 7 nitrogen and oxygen atoms in total. The van der Waals surface area contributed by atoms with Crippen LogP contribution in [-0.2, 0) is 14.4 Å². The normalized spacial score (nSPS) is 32.8. The van der Waals surface area contributed by atoms with Gasteiger partial charge in [0, 0.05) is 11.6 Å². The summed E-state index contributed by atoms with van der Waals surface area (Å²) in [6.07, 6.45) is 5.60. The van der Waals surface area contributed by atoms with Crippen molar-refractivity contribution in [3.8, 4) is 5.75 Å². The Balaban J connectivity index is 1.77. The Morgan fingerprint density at radius 1 is 1.18 bits per heavy atom. The topological polar surface area (TPSA) is 105 Å². The van der Waals surface area contributed by atoms with Crippen LogP contribution in [0.4, 0.5) is 0 Å². The molecule has 0 radical (unpaired) electrons. The maximum Gasteiger partial charge on any atom is 0.324 e. The van der Waals surface area contributed by atoms with Crippen molar-refractivity contribution in [2.45, 2.75) is 50.1 Å². The van der Waals surface area contributed by atoms with Crippen molar-refractivity contribution in [3.05, 3.63) is 29.8 Å². The number of hydrogen-bond donors (Lipinski definition) is 3. The lowest BCUT2D eigenvalue weighted by Crippen LogP contribution is -2.56. The minimum absolute atomic E-state index is 0.234. The Labute approximate surface area is 163 Å². The van der Waals surface area contributed by atoms with Gasteiger partial charge in [0.05, 0.1) is 18.9 Å². The monoisotopic (exact) mass is 386 g/mol. The summed E-state index contributed by atoms with van der Waals surface area (Å²) in [6, 6.07) is 6.66. The Kier molecular flexibility index (Phi) is 4.87. The average molecular weight is 386 g/mol. The third kappa shape index (κ3) is 2.89. The van der Waals surface area contributed by atoms with Gasteiger partial charge in [-0.05, 0) is 18.4 Å². The highest BCUT2D eigenvalue weighted by molar-refractivity contribution is 6.09. The van der Waals surface area contributed by atoms with Crippen LogP contribution in [0, 0.1) is 17.8 Å². The van der Waals surface area contributed by atoms with Gasteiger partial charge >= 0.3 is 5.97 Å². The molecule has 2 amide bonds. The largest absolute Gasteiger partial charge is 0.496 e. The van der Waals surface area contributed by atoms with Gasteiger partial charge in [-0.15, -0.1) is 0 Å². The zero-order valence-corrected chi connectivity index (χ0v) is 15.9. The molecule has 3 aliphatic rings. The van der Waals surface area contributed by atoms with Crippen LogP contribution in [0.25, 0.3) is 0 Å². The molecule has 2 saturated heterocycles. The smallest absolute Gasteiger partial charge is 0.324 e. The third-order valence-electron chi connectivity index (χ3n) is 6.68. The molecule has 2 aliphatic heterocycles. The van der Waals surface area contributed by atoms with E-state index in [-0.39, 0.29) is 5.92 Å². The van der Waals surface area contributed by atoms with Crippen LogP contribution < -0.4 is 15.4 Å². The Hall–Kier alpha value is -2.41. The number of hydrogen-bond acceptors (Lipinski definition) is 5. The lowest BCUT2D eigenvalue weighted by atomic mass is 9.72. The Morgan fingerprint density at radius 3 is 2.57 bits per heavy atom. The number of aliphatic carboxylic acids is 1. The number of imide groups is 1. The average Bonchev–Trinajstić information content (AvgIpc) is 3.19. The molecule has 1 aromatic carbocycles. The summed E-state index contributed by atoms with van der Waals surface area (Å²) in [5, 5.41) is 15.9. The van der Waals surface area contributed by atoms with Gasteiger partial charge < -0.3 is 9.84 Å². The molecule has 1 aliphatic carbocycles. The number of rotatable bonds is 5. The van der Waals surface area contributed by atoms with Crippen LogP contribution in [0.3, 0.4) is 0 Å². The van der Waals surface area contributed by atoms with E-state index in [2.05, 4.69) is 10.6 Å². The van der Waals surface area contributed by atoms with Crippen LogP contribution in [0.1, 0.15) is 50.1 Å². The van der Waals surface area contributed by atoms with E-state index in [4.69, 9.17) is 4.74 Å². The first-order chi connectivity index (χ1) is 13.5. The van der Waals surface area contributed by atoms with E-state index in [1.165, 1.54) is 13.5 Å². The maximum absolute atomic E-state index is 12.7. The second-order valence-electron chi connectivity index (χ2n) is 8.21. The molecule has 0 bridgehead atoms. The molecule has 150 valence electrons. The summed E-state index contributed by atoms with van der Waals surface area (Å²) in [7, 11) is 1.54. The number of carbonyl (C=O) groups is 3. The number of para-hydroxylation sites is 1. The van der Waals surface area contributed by atoms with Crippen molar-refractivity contribution >= 4 is 17.8 Å². The Morgan fingerprint density at radius 2 is 1.89 bits per heavy atom. The number of carboxylic acid groups (broad SMARTS) is 1. The molecule has 1 aromatic rings. The number of nitrogens with one attached hydrogen (secondary N) is 2. The van der Waals surface area contributed by atoms with Crippen LogP contribution >= 0.6 is 0 Å². The van der Waals surface area contributed by atoms with Crippen molar-refractivity contribution in [3.63, 3.8) is 0 Å². The summed E-state index contributed by atoms with van der Waals surface area (Å²) in [5.41, 5.74) is -0.745. The van der Waals surface area contributed by atoms with Gasteiger partial charge in [-0.2, -0.15) is 0 Å². The molecule has 0 spiro atoms. The van der Waals surface area contributed by atoms with Crippen molar-refractivity contribution in [1.29, 1.82) is 0 Å². The zero-order chi connectivity index (χ0) is 19.9. The van der Waals surface area contributed by atoms with E-state index in [1.807, 2.05) is 18.2 Å². The number of carbonyl (C=O) groups excluding carboxylic acids is 2. The molecule has 3 N–H and O–H groups in total. The van der Waals surface area contributed by atoms with Crippen LogP contribution in [0.5, 0.6) is 5.75 Å². The van der Waals surface area contributed by atoms with Crippen LogP contribution in [0.15, 0.2) is 24.3 Å². The van der Waals surface area contributed by atoms with Crippen LogP contribution in [-0.4, -0.2) is 35.5 Å². The maximum atomic E-state index is 12.7. The van der Waals surface area contributed by atoms with Crippen molar-refractivity contribution in [1.82, 2.24) is 10.6 Å². The van der Waals surface area contributed by atoms with E-state index in [0.717, 1.165) is 25.7 Å². The predicted molar refractivity (Wildman–Crippen MR) is 101 cm³/mol. The first-order valence-electron chi connectivity index (χ1n) is 9.96. The molecule has 4 rings (SSSR count). The molecule has 1 saturated carbocycles. The van der Waals surface area contributed by atoms with Crippen LogP contribution in [0.2, 0.25) is 0 Å². The van der Waals surface area contributed by atoms with E-state index in [1.54, 1.807) is 6.07 Å². The second kappa shape index (κ2) is 7.20. The fourth-order valence-electron chi connectivity index (χ4n) is 5.44. The Bertz CT molecular complexity index is 804. The molecule has 7 heteroatoms. The van der Waals surface area contributed by atoms with Crippen molar-refractivity contribution < 1.29 is 24.2 Å². The summed E-state index contributed by atoms with van der Waals surface area (Å²) in [6.45, 7) is 0. The fraction of sp³-hybridized carbons (Fsp3) is 0.571. The standard InChI is InChI=1S/C21H26N2O5/c1-28-14-10-6-5-9-13(14)17-15-16(19(25)22-18(15)24)21(23-17,20(26)27)11-12-7-3-2-4-8-12/h5-6,9-10,12,15-17,23H,2-4,7-8,11H2,1H3,(H,26,27)(H,22,24,25). The summed E-state index contributed by atoms with van der Waals surface area (Å²) >= 11 is 0. The SMILES string of the molecule is COc1ccccc1C1NC(CC2CCCCC2)(C(=O)O)C2C(=O)NC(=O)C12. The lowest BCUT2D eigenvalue weighted by molar-refractivity contribution is -0.150. The number of carboxylic acids is 1. The summed E-state index contributed by atoms with van der Waals surface area (Å²) in [4.78, 5) is 37.9. The molecular weight excluding hydrogens is 360 g/mol. The van der Waals surface area contributed by atoms with Gasteiger partial charge in [0.1, 0.15) is 11.3 Å². The highest BCUT2D eigenvalue weighted by atomic mass is 16.5. The molecule has 3 fully saturated rings. The highest BCUT2D eigenvalue weighted by Gasteiger charge is 2.66. The molecule has 0 aromatic heterocycles. The first kappa shape index (κ1) is 18.9. The van der Waals surface area contributed by atoms with Gasteiger partial charge in [0.15, 0.2) is 0 Å². The molecule has 28 heavy (non-hydrogen) atoms. The molecule has 2 heterocycles. The van der Waals surface area contributed by atoms with Crippen molar-refractivity contribution in [2.24, 2.45) is 17.8 Å². The minimum atomic E-state index is -1.45. The highest BCUT2D eigenvalue weighted by Crippen LogP contribution is 2.51. The van der Waals surface area contributed by atoms with Gasteiger partial charge in [-0.3, -0.25) is 25.0 Å². The van der Waals surface area contributed by atoms with Gasteiger partial charge in [0.25, 0.3) is 0 Å². The quantitative estimate of drug-likeness (QED) is 0.669. The van der Waals surface area contributed by atoms with E-state index in [0.29, 0.717) is 17.7 Å². The lowest BCUT2D eigenvalue weighted by Gasteiger charge is -2.35. The number of ether oxygens (including phenoxy) is 1. The van der Waals surface area contributed by atoms with Gasteiger partial charge in [-0.1, -0.05) is 50.3 Å². The summed E-state index contributed by atoms with van der Waals surface area (Å²) in [5.74, 6) is -2.83. The summed E-state index contributed by atoms with van der Waals surface area (Å²) < 4.78 is 5.44. The third-order valence-corrected chi connectivity index (χ3v) is 6.68. The van der Waals surface area contributed by atoms with Gasteiger partial charge in [-0.25, -0.2) is 0 Å². The minimum Gasteiger partial charge on any atom is -0.496 e. The number of benzene rings is 1. The number of fused-ring (bicyclic) bond motifs is 1. The van der Waals surface area contributed by atoms with E-state index < -0.39 is 41.2 Å². The predicted octanol–water partition coefficient (Wildman–Crippen LogP) is 2.02. The molecule has 4 atom stereocenters. The van der Waals surface area contributed by atoms with E-state index >= 15 is 0 Å². The number of amides is 2. The zero-order valence-electron chi connectivity index (χ0n) is 15.9. The van der Waals surface area contributed by atoms with Crippen molar-refractivity contribution in [2.75, 3.05) is 7.11 Å². The molecular formula is C21H26N2O5. The second-order valence-corrected chi connectivity index (χ2v) is 8.21. The fourth-order valence-corrected chi connectivity index (χ4v) is 5.44. The van der Waals surface area contributed by atoms with Gasteiger partial charge in [0.2, 0.25) is 11.8 Å². The molecule has 4 unspecified atom stereocenters. The number of methoxy groups -OCH3 is 1.